The highest BCUT2D eigenvalue weighted by atomic mass is 19.1. The maximum atomic E-state index is 13.7. The second kappa shape index (κ2) is 11.9. The minimum Gasteiger partial charge on any atom is -0.497 e. The molecule has 194 valence electrons. The highest BCUT2D eigenvalue weighted by Crippen LogP contribution is 2.28. The number of piperidine rings is 1. The van der Waals surface area contributed by atoms with Crippen LogP contribution in [0.3, 0.4) is 0 Å². The van der Waals surface area contributed by atoms with Gasteiger partial charge in [0.2, 0.25) is 0 Å². The molecule has 1 saturated heterocycles. The lowest BCUT2D eigenvalue weighted by Gasteiger charge is -2.38. The number of halogens is 1. The Labute approximate surface area is 223 Å². The van der Waals surface area contributed by atoms with Crippen molar-refractivity contribution >= 4 is 11.6 Å². The molecule has 1 fully saturated rings. The molecule has 0 aliphatic carbocycles. The largest absolute Gasteiger partial charge is 0.497 e. The molecule has 0 atom stereocenters. The van der Waals surface area contributed by atoms with E-state index in [1.54, 1.807) is 43.5 Å². The number of ether oxygens (including phenoxy) is 2. The molecule has 5 nitrogen and oxygen atoms in total. The van der Waals surface area contributed by atoms with Crippen LogP contribution < -0.4 is 14.4 Å². The van der Waals surface area contributed by atoms with Gasteiger partial charge in [0.05, 0.1) is 7.11 Å². The van der Waals surface area contributed by atoms with Crippen molar-refractivity contribution in [1.82, 2.24) is 4.90 Å². The molecule has 4 aromatic rings. The van der Waals surface area contributed by atoms with Crippen LogP contribution in [0.5, 0.6) is 17.2 Å². The quantitative estimate of drug-likeness (QED) is 0.258. The second-order valence-corrected chi connectivity index (χ2v) is 9.45. The number of hydrogen-bond acceptors (Lipinski definition) is 4. The lowest BCUT2D eigenvalue weighted by Crippen LogP contribution is -2.47. The zero-order valence-corrected chi connectivity index (χ0v) is 21.4. The summed E-state index contributed by atoms with van der Waals surface area (Å²) in [6.07, 6.45) is 1.64. The van der Waals surface area contributed by atoms with Gasteiger partial charge in [0.25, 0.3) is 5.91 Å². The highest BCUT2D eigenvalue weighted by Gasteiger charge is 2.30. The molecule has 6 heteroatoms. The number of anilines is 1. The van der Waals surface area contributed by atoms with E-state index in [4.69, 9.17) is 9.47 Å². The van der Waals surface area contributed by atoms with Crippen LogP contribution in [0.25, 0.3) is 0 Å². The summed E-state index contributed by atoms with van der Waals surface area (Å²) < 4.78 is 24.9. The molecular formula is C32H31FN2O3. The lowest BCUT2D eigenvalue weighted by molar-refractivity contribution is 0.0958. The first-order chi connectivity index (χ1) is 18.6. The van der Waals surface area contributed by atoms with Crippen molar-refractivity contribution in [3.05, 3.63) is 120 Å². The third kappa shape index (κ3) is 6.21. The highest BCUT2D eigenvalue weighted by molar-refractivity contribution is 6.06. The Morgan fingerprint density at radius 2 is 1.53 bits per heavy atom. The summed E-state index contributed by atoms with van der Waals surface area (Å²) in [6.45, 7) is 2.51. The number of amides is 1. The summed E-state index contributed by atoms with van der Waals surface area (Å²) in [5.74, 6) is 1.91. The fraction of sp³-hybridized carbons (Fsp3) is 0.219. The molecule has 5 rings (SSSR count). The maximum absolute atomic E-state index is 13.7. The summed E-state index contributed by atoms with van der Waals surface area (Å²) in [5.41, 5.74) is 2.46. The topological polar surface area (TPSA) is 42.0 Å². The second-order valence-electron chi connectivity index (χ2n) is 9.45. The maximum Gasteiger partial charge on any atom is 0.258 e. The third-order valence-electron chi connectivity index (χ3n) is 6.87. The van der Waals surface area contributed by atoms with Crippen LogP contribution in [-0.4, -0.2) is 37.0 Å². The Bertz CT molecular complexity index is 1340. The Hall–Kier alpha value is -4.16. The zero-order valence-electron chi connectivity index (χ0n) is 21.4. The molecule has 0 N–H and O–H groups in total. The Morgan fingerprint density at radius 3 is 2.21 bits per heavy atom. The summed E-state index contributed by atoms with van der Waals surface area (Å²) in [4.78, 5) is 17.9. The van der Waals surface area contributed by atoms with Gasteiger partial charge in [-0.2, -0.15) is 0 Å². The lowest BCUT2D eigenvalue weighted by atomic mass is 10.00. The van der Waals surface area contributed by atoms with Gasteiger partial charge >= 0.3 is 0 Å². The van der Waals surface area contributed by atoms with Gasteiger partial charge in [0.15, 0.2) is 0 Å². The third-order valence-corrected chi connectivity index (χ3v) is 6.87. The average molecular weight is 511 g/mol. The predicted molar refractivity (Wildman–Crippen MR) is 147 cm³/mol. The first kappa shape index (κ1) is 25.5. The van der Waals surface area contributed by atoms with Crippen molar-refractivity contribution in [2.24, 2.45) is 0 Å². The van der Waals surface area contributed by atoms with Crippen molar-refractivity contribution in [1.29, 1.82) is 0 Å². The van der Waals surface area contributed by atoms with E-state index in [9.17, 15) is 9.18 Å². The Morgan fingerprint density at radius 1 is 0.842 bits per heavy atom. The van der Waals surface area contributed by atoms with Gasteiger partial charge in [0, 0.05) is 36.9 Å². The number of rotatable bonds is 8. The van der Waals surface area contributed by atoms with Gasteiger partial charge in [-0.05, 0) is 91.2 Å². The molecule has 1 aliphatic rings. The number of likely N-dealkylation sites (tertiary alicyclic amines) is 1. The fourth-order valence-electron chi connectivity index (χ4n) is 4.89. The number of methoxy groups -OCH3 is 1. The number of benzene rings is 4. The molecule has 1 amide bonds. The van der Waals surface area contributed by atoms with Crippen molar-refractivity contribution < 1.29 is 18.7 Å². The van der Waals surface area contributed by atoms with E-state index < -0.39 is 0 Å². The van der Waals surface area contributed by atoms with E-state index in [0.717, 1.165) is 44.0 Å². The minimum atomic E-state index is -0.320. The van der Waals surface area contributed by atoms with Gasteiger partial charge in [-0.25, -0.2) is 4.39 Å². The number of para-hydroxylation sites is 1. The normalized spacial score (nSPS) is 14.2. The number of carbonyl (C=O) groups excluding carboxylic acids is 1. The summed E-state index contributed by atoms with van der Waals surface area (Å²) in [7, 11) is 1.60. The molecule has 0 spiro atoms. The van der Waals surface area contributed by atoms with Crippen LogP contribution in [0.1, 0.15) is 28.8 Å². The van der Waals surface area contributed by atoms with Crippen molar-refractivity contribution in [3.63, 3.8) is 0 Å². The molecule has 0 unspecified atom stereocenters. The van der Waals surface area contributed by atoms with Crippen molar-refractivity contribution in [2.45, 2.75) is 25.4 Å². The fourth-order valence-corrected chi connectivity index (χ4v) is 4.89. The van der Waals surface area contributed by atoms with Crippen LogP contribution in [-0.2, 0) is 6.54 Å². The van der Waals surface area contributed by atoms with Gasteiger partial charge in [-0.15, -0.1) is 0 Å². The first-order valence-electron chi connectivity index (χ1n) is 12.9. The molecule has 0 saturated carbocycles. The van der Waals surface area contributed by atoms with Crippen LogP contribution in [0.2, 0.25) is 0 Å². The number of hydrogen-bond donors (Lipinski definition) is 0. The predicted octanol–water partition coefficient (Wildman–Crippen LogP) is 6.94. The van der Waals surface area contributed by atoms with E-state index in [1.165, 1.54) is 17.7 Å². The monoisotopic (exact) mass is 510 g/mol. The van der Waals surface area contributed by atoms with E-state index >= 15 is 0 Å². The molecule has 1 heterocycles. The minimum absolute atomic E-state index is 0.0130. The molecule has 38 heavy (non-hydrogen) atoms. The summed E-state index contributed by atoms with van der Waals surface area (Å²) in [5, 5.41) is 0. The molecule has 0 bridgehead atoms. The van der Waals surface area contributed by atoms with Crippen LogP contribution in [0.15, 0.2) is 103 Å². The Balaban J connectivity index is 1.27. The molecule has 4 aromatic carbocycles. The Kier molecular flexibility index (Phi) is 8.00. The molecular weight excluding hydrogens is 479 g/mol. The van der Waals surface area contributed by atoms with Crippen LogP contribution in [0.4, 0.5) is 10.1 Å². The zero-order chi connectivity index (χ0) is 26.3. The molecule has 0 aromatic heterocycles. The number of carbonyl (C=O) groups is 1. The van der Waals surface area contributed by atoms with Gasteiger partial charge in [-0.3, -0.25) is 9.69 Å². The van der Waals surface area contributed by atoms with Crippen LogP contribution in [0, 0.1) is 5.82 Å². The van der Waals surface area contributed by atoms with E-state index in [0.29, 0.717) is 17.0 Å². The van der Waals surface area contributed by atoms with Gasteiger partial charge < -0.3 is 14.4 Å². The SMILES string of the molecule is COc1ccc(C(=O)N(c2ccc(F)cc2)C2CCN(Cc3cccc(Oc4ccccc4)c3)CC2)cc1. The summed E-state index contributed by atoms with van der Waals surface area (Å²) >= 11 is 0. The molecule has 1 aliphatic heterocycles. The standard InChI is InChI=1S/C32H31FN2O3/c1-37-29-16-10-25(11-17-29)32(36)35(27-14-12-26(33)13-15-27)28-18-20-34(21-19-28)23-24-6-5-9-31(22-24)38-30-7-3-2-4-8-30/h2-17,22,28H,18-21,23H2,1H3. The van der Waals surface area contributed by atoms with Gasteiger partial charge in [0.1, 0.15) is 23.1 Å². The van der Waals surface area contributed by atoms with Crippen molar-refractivity contribution in [3.8, 4) is 17.2 Å². The van der Waals surface area contributed by atoms with E-state index in [2.05, 4.69) is 17.0 Å². The van der Waals surface area contributed by atoms with Crippen LogP contribution >= 0.6 is 0 Å². The summed E-state index contributed by atoms with van der Waals surface area (Å²) in [6, 6.07) is 31.3. The van der Waals surface area contributed by atoms with Gasteiger partial charge in [-0.1, -0.05) is 30.3 Å². The van der Waals surface area contributed by atoms with E-state index in [-0.39, 0.29) is 17.8 Å². The smallest absolute Gasteiger partial charge is 0.258 e. The molecule has 0 radical (unpaired) electrons. The average Bonchev–Trinajstić information content (AvgIpc) is 2.96. The number of nitrogens with zero attached hydrogens (tertiary/aromatic N) is 2. The van der Waals surface area contributed by atoms with Crippen molar-refractivity contribution in [2.75, 3.05) is 25.1 Å². The van der Waals surface area contributed by atoms with E-state index in [1.807, 2.05) is 47.4 Å². The first-order valence-corrected chi connectivity index (χ1v) is 12.9.